The maximum Gasteiger partial charge on any atom is 0.0803 e. The largest absolute Gasteiger partial charge is 0.381 e. The first kappa shape index (κ1) is 17.8. The third kappa shape index (κ3) is 15.9. The van der Waals surface area contributed by atoms with Crippen molar-refractivity contribution in [2.75, 3.05) is 19.8 Å². The molecule has 0 heterocycles. The summed E-state index contributed by atoms with van der Waals surface area (Å²) in [4.78, 5) is 0. The highest BCUT2D eigenvalue weighted by atomic mass is 16.5. The molecule has 0 aromatic rings. The molecule has 0 bridgehead atoms. The highest BCUT2D eigenvalue weighted by molar-refractivity contribution is 4.88. The van der Waals surface area contributed by atoms with Gasteiger partial charge in [0.15, 0.2) is 0 Å². The molecule has 0 aliphatic carbocycles. The first-order chi connectivity index (χ1) is 7.39. The molecule has 0 fully saturated rings. The van der Waals surface area contributed by atoms with Crippen molar-refractivity contribution in [2.24, 2.45) is 0 Å². The molecular weight excluding hydrogens is 200 g/mol. The Morgan fingerprint density at radius 2 is 1.81 bits per heavy atom. The summed E-state index contributed by atoms with van der Waals surface area (Å²) in [6.07, 6.45) is 2.80. The van der Waals surface area contributed by atoms with Crippen LogP contribution in [-0.4, -0.2) is 25.4 Å². The third-order valence-electron chi connectivity index (χ3n) is 1.89. The van der Waals surface area contributed by atoms with Gasteiger partial charge in [0.1, 0.15) is 0 Å². The standard InChI is InChI=1S/2C7H14O/c1-5-7(3,4)8-6-2;1-4-8-6-5-7(2)3/h5H,1,6H2,2-4H3;2,4-6H2,1,3H3. The van der Waals surface area contributed by atoms with Gasteiger partial charge in [-0.15, -0.1) is 13.2 Å². The summed E-state index contributed by atoms with van der Waals surface area (Å²) in [5, 5.41) is 0. The molecule has 0 saturated carbocycles. The highest BCUT2D eigenvalue weighted by Gasteiger charge is 2.09. The molecule has 0 amide bonds. The summed E-state index contributed by atoms with van der Waals surface area (Å²) in [5.41, 5.74) is 1.05. The second kappa shape index (κ2) is 10.9. The van der Waals surface area contributed by atoms with Crippen molar-refractivity contribution >= 4 is 0 Å². The summed E-state index contributed by atoms with van der Waals surface area (Å²) >= 11 is 0. The monoisotopic (exact) mass is 228 g/mol. The molecule has 0 radical (unpaired) electrons. The summed E-state index contributed by atoms with van der Waals surface area (Å²) in [6.45, 7) is 19.7. The number of ether oxygens (including phenoxy) is 2. The molecule has 0 unspecified atom stereocenters. The lowest BCUT2D eigenvalue weighted by Crippen LogP contribution is -2.20. The van der Waals surface area contributed by atoms with Crippen LogP contribution in [0.15, 0.2) is 24.8 Å². The molecule has 0 atom stereocenters. The van der Waals surface area contributed by atoms with Crippen molar-refractivity contribution in [3.63, 3.8) is 0 Å². The average Bonchev–Trinajstić information content (AvgIpc) is 2.19. The second-order valence-corrected chi connectivity index (χ2v) is 4.14. The van der Waals surface area contributed by atoms with E-state index in [0.29, 0.717) is 0 Å². The van der Waals surface area contributed by atoms with Crippen LogP contribution in [0.4, 0.5) is 0 Å². The molecule has 0 aromatic heterocycles. The maximum absolute atomic E-state index is 5.26. The van der Waals surface area contributed by atoms with Gasteiger partial charge < -0.3 is 9.47 Å². The van der Waals surface area contributed by atoms with Crippen LogP contribution >= 0.6 is 0 Å². The van der Waals surface area contributed by atoms with Gasteiger partial charge in [-0.25, -0.2) is 0 Å². The topological polar surface area (TPSA) is 18.5 Å². The average molecular weight is 228 g/mol. The van der Waals surface area contributed by atoms with Crippen molar-refractivity contribution in [3.8, 4) is 0 Å². The Hall–Kier alpha value is -0.600. The Kier molecular flexibility index (Phi) is 12.1. The normalized spacial score (nSPS) is 10.3. The molecule has 2 nitrogen and oxygen atoms in total. The minimum atomic E-state index is -0.144. The Morgan fingerprint density at radius 1 is 1.25 bits per heavy atom. The van der Waals surface area contributed by atoms with Crippen LogP contribution < -0.4 is 0 Å². The molecule has 0 aromatic carbocycles. The van der Waals surface area contributed by atoms with Crippen molar-refractivity contribution in [1.29, 1.82) is 0 Å². The molecule has 0 spiro atoms. The minimum Gasteiger partial charge on any atom is -0.381 e. The van der Waals surface area contributed by atoms with Gasteiger partial charge >= 0.3 is 0 Å². The first-order valence-corrected chi connectivity index (χ1v) is 5.89. The third-order valence-corrected chi connectivity index (χ3v) is 1.89. The van der Waals surface area contributed by atoms with E-state index in [9.17, 15) is 0 Å². The molecule has 0 aliphatic rings. The molecular formula is C14H28O2. The summed E-state index contributed by atoms with van der Waals surface area (Å²) in [6, 6.07) is 0. The van der Waals surface area contributed by atoms with Crippen LogP contribution in [0, 0.1) is 0 Å². The van der Waals surface area contributed by atoms with Crippen LogP contribution in [0.3, 0.4) is 0 Å². The molecule has 0 saturated heterocycles. The molecule has 0 N–H and O–H groups in total. The quantitative estimate of drug-likeness (QED) is 0.485. The van der Waals surface area contributed by atoms with E-state index in [2.05, 4.69) is 13.2 Å². The molecule has 0 rings (SSSR count). The van der Waals surface area contributed by atoms with Crippen molar-refractivity contribution in [3.05, 3.63) is 24.8 Å². The van der Waals surface area contributed by atoms with Crippen molar-refractivity contribution in [2.45, 2.75) is 46.6 Å². The smallest absolute Gasteiger partial charge is 0.0803 e. The first-order valence-electron chi connectivity index (χ1n) is 5.89. The zero-order valence-electron chi connectivity index (χ0n) is 11.6. The van der Waals surface area contributed by atoms with Gasteiger partial charge in [-0.1, -0.05) is 11.6 Å². The molecule has 0 aliphatic heterocycles. The van der Waals surface area contributed by atoms with Crippen LogP contribution in [-0.2, 0) is 9.47 Å². The van der Waals surface area contributed by atoms with E-state index in [4.69, 9.17) is 9.47 Å². The van der Waals surface area contributed by atoms with Gasteiger partial charge in [0.25, 0.3) is 0 Å². The SMILES string of the molecule is C=C(C)CCOCC.C=CC(C)(C)OCC. The van der Waals surface area contributed by atoms with E-state index in [1.165, 1.54) is 5.57 Å². The van der Waals surface area contributed by atoms with Gasteiger partial charge in [-0.05, 0) is 41.0 Å². The fourth-order valence-electron chi connectivity index (χ4n) is 0.822. The van der Waals surface area contributed by atoms with E-state index in [1.807, 2.05) is 34.6 Å². The number of rotatable bonds is 7. The second-order valence-electron chi connectivity index (χ2n) is 4.14. The maximum atomic E-state index is 5.26. The van der Waals surface area contributed by atoms with Crippen LogP contribution in [0.5, 0.6) is 0 Å². The number of hydrogen-bond donors (Lipinski definition) is 0. The zero-order valence-corrected chi connectivity index (χ0v) is 11.6. The minimum absolute atomic E-state index is 0.144. The molecule has 16 heavy (non-hydrogen) atoms. The van der Waals surface area contributed by atoms with Gasteiger partial charge in [-0.2, -0.15) is 0 Å². The molecule has 2 heteroatoms. The lowest BCUT2D eigenvalue weighted by Gasteiger charge is -2.18. The molecule has 96 valence electrons. The van der Waals surface area contributed by atoms with Gasteiger partial charge in [0, 0.05) is 13.2 Å². The fourth-order valence-corrected chi connectivity index (χ4v) is 0.822. The predicted molar refractivity (Wildman–Crippen MR) is 71.8 cm³/mol. The van der Waals surface area contributed by atoms with Crippen LogP contribution in [0.2, 0.25) is 0 Å². The Balaban J connectivity index is 0. The fraction of sp³-hybridized carbons (Fsp3) is 0.714. The Labute approximate surface area is 101 Å². The van der Waals surface area contributed by atoms with Crippen molar-refractivity contribution in [1.82, 2.24) is 0 Å². The predicted octanol–water partition coefficient (Wildman–Crippen LogP) is 3.98. The zero-order chi connectivity index (χ0) is 13.0. The van der Waals surface area contributed by atoms with E-state index in [1.54, 1.807) is 6.08 Å². The van der Waals surface area contributed by atoms with Gasteiger partial charge in [0.05, 0.1) is 12.2 Å². The van der Waals surface area contributed by atoms with Crippen molar-refractivity contribution < 1.29 is 9.47 Å². The number of hydrogen-bond acceptors (Lipinski definition) is 2. The van der Waals surface area contributed by atoms with Gasteiger partial charge in [-0.3, -0.25) is 0 Å². The van der Waals surface area contributed by atoms with E-state index in [0.717, 1.165) is 26.2 Å². The van der Waals surface area contributed by atoms with Gasteiger partial charge in [0.2, 0.25) is 0 Å². The van der Waals surface area contributed by atoms with E-state index in [-0.39, 0.29) is 5.60 Å². The summed E-state index contributed by atoms with van der Waals surface area (Å²) in [5.74, 6) is 0. The Morgan fingerprint density at radius 3 is 2.06 bits per heavy atom. The van der Waals surface area contributed by atoms with E-state index < -0.39 is 0 Å². The van der Waals surface area contributed by atoms with Crippen LogP contribution in [0.25, 0.3) is 0 Å². The lowest BCUT2D eigenvalue weighted by atomic mass is 10.1. The highest BCUT2D eigenvalue weighted by Crippen LogP contribution is 2.08. The lowest BCUT2D eigenvalue weighted by molar-refractivity contribution is 0.0288. The van der Waals surface area contributed by atoms with Crippen LogP contribution in [0.1, 0.15) is 41.0 Å². The summed E-state index contributed by atoms with van der Waals surface area (Å²) in [7, 11) is 0. The van der Waals surface area contributed by atoms with E-state index >= 15 is 0 Å². The summed E-state index contributed by atoms with van der Waals surface area (Å²) < 4.78 is 10.3. The Bertz CT molecular complexity index is 183.